The molecule has 0 saturated carbocycles. The number of ether oxygens (including phenoxy) is 2. The number of aryl methyl sites for hydroxylation is 2. The van der Waals surface area contributed by atoms with Crippen LogP contribution in [0.1, 0.15) is 98.0 Å². The zero-order valence-corrected chi connectivity index (χ0v) is 20.8. The minimum atomic E-state index is -0.284. The zero-order valence-electron chi connectivity index (χ0n) is 20.8. The maximum Gasteiger partial charge on any atom is 0.119 e. The Morgan fingerprint density at radius 3 is 1.56 bits per heavy atom. The predicted octanol–water partition coefficient (Wildman–Crippen LogP) is 6.91. The molecular weight excluding hydrogens is 424 g/mol. The maximum absolute atomic E-state index is 9.73. The van der Waals surface area contributed by atoms with E-state index in [-0.39, 0.29) is 12.2 Å². The Labute approximate surface area is 204 Å². The van der Waals surface area contributed by atoms with E-state index in [2.05, 4.69) is 39.1 Å². The lowest BCUT2D eigenvalue weighted by Gasteiger charge is -2.11. The third-order valence-electron chi connectivity index (χ3n) is 6.57. The van der Waals surface area contributed by atoms with Gasteiger partial charge in [-0.2, -0.15) is 0 Å². The van der Waals surface area contributed by atoms with Crippen molar-refractivity contribution in [2.45, 2.75) is 77.4 Å². The van der Waals surface area contributed by atoms with Crippen LogP contribution in [0.25, 0.3) is 11.5 Å². The van der Waals surface area contributed by atoms with Gasteiger partial charge in [0, 0.05) is 11.1 Å². The molecule has 2 N–H and O–H groups in total. The van der Waals surface area contributed by atoms with Crippen molar-refractivity contribution in [1.82, 2.24) is 0 Å². The van der Waals surface area contributed by atoms with Gasteiger partial charge in [-0.05, 0) is 72.9 Å². The van der Waals surface area contributed by atoms with Crippen molar-refractivity contribution in [2.75, 3.05) is 13.2 Å². The lowest BCUT2D eigenvalue weighted by atomic mass is 10.0. The van der Waals surface area contributed by atoms with Crippen molar-refractivity contribution >= 4 is 11.5 Å². The molecule has 0 heterocycles. The highest BCUT2D eigenvalue weighted by atomic mass is 16.5. The van der Waals surface area contributed by atoms with Gasteiger partial charge in [0.2, 0.25) is 0 Å². The molecule has 2 unspecified atom stereocenters. The van der Waals surface area contributed by atoms with Gasteiger partial charge in [-0.3, -0.25) is 0 Å². The molecule has 0 saturated heterocycles. The van der Waals surface area contributed by atoms with Crippen molar-refractivity contribution in [3.05, 3.63) is 82.9 Å². The summed E-state index contributed by atoms with van der Waals surface area (Å²) in [6.07, 6.45) is 7.38. The Morgan fingerprint density at radius 2 is 1.18 bits per heavy atom. The molecule has 2 aromatic carbocycles. The summed E-state index contributed by atoms with van der Waals surface area (Å²) in [7, 11) is 0. The summed E-state index contributed by atoms with van der Waals surface area (Å²) in [5, 5.41) is 19.5. The summed E-state index contributed by atoms with van der Waals surface area (Å²) in [6.45, 7) is 13.7. The van der Waals surface area contributed by atoms with Crippen LogP contribution in [-0.4, -0.2) is 23.4 Å². The number of hydrogen-bond acceptors (Lipinski definition) is 4. The second-order valence-electron chi connectivity index (χ2n) is 9.19. The van der Waals surface area contributed by atoms with Gasteiger partial charge in [-0.15, -0.1) is 0 Å². The molecule has 2 aromatic rings. The van der Waals surface area contributed by atoms with Crippen molar-refractivity contribution in [1.29, 1.82) is 0 Å². The molecule has 0 amide bonds. The third-order valence-corrected chi connectivity index (χ3v) is 6.57. The lowest BCUT2D eigenvalue weighted by molar-refractivity contribution is 0.179. The van der Waals surface area contributed by atoms with Crippen LogP contribution in [0.4, 0.5) is 0 Å². The van der Waals surface area contributed by atoms with E-state index in [0.29, 0.717) is 0 Å². The Kier molecular flexibility index (Phi) is 9.79. The number of aliphatic hydroxyl groups is 2. The van der Waals surface area contributed by atoms with Crippen molar-refractivity contribution in [2.24, 2.45) is 0 Å². The minimum absolute atomic E-state index is 0.284. The van der Waals surface area contributed by atoms with Crippen LogP contribution >= 0.6 is 0 Å². The van der Waals surface area contributed by atoms with E-state index in [4.69, 9.17) is 9.47 Å². The Balaban J connectivity index is 0.000000191. The van der Waals surface area contributed by atoms with Crippen LogP contribution in [0.3, 0.4) is 0 Å². The number of fused-ring (bicyclic) bond motifs is 2. The Hall–Kier alpha value is -2.56. The van der Waals surface area contributed by atoms with Gasteiger partial charge >= 0.3 is 0 Å². The fourth-order valence-corrected chi connectivity index (χ4v) is 4.38. The molecule has 2 aliphatic rings. The van der Waals surface area contributed by atoms with Crippen LogP contribution in [0, 0.1) is 0 Å². The van der Waals surface area contributed by atoms with Crippen molar-refractivity contribution < 1.29 is 19.7 Å². The number of unbranched alkanes of at least 4 members (excludes halogenated alkanes) is 2. The lowest BCUT2D eigenvalue weighted by Crippen LogP contribution is -1.95. The van der Waals surface area contributed by atoms with Gasteiger partial charge in [0.1, 0.15) is 11.5 Å². The van der Waals surface area contributed by atoms with E-state index in [9.17, 15) is 10.2 Å². The molecule has 184 valence electrons. The van der Waals surface area contributed by atoms with Gasteiger partial charge in [0.15, 0.2) is 0 Å². The summed E-state index contributed by atoms with van der Waals surface area (Å²) in [5.74, 6) is 1.48. The van der Waals surface area contributed by atoms with Crippen LogP contribution in [-0.2, 0) is 22.3 Å². The largest absolute Gasteiger partial charge is 0.494 e. The minimum Gasteiger partial charge on any atom is -0.494 e. The maximum atomic E-state index is 9.73. The molecule has 4 heteroatoms. The molecule has 0 fully saturated rings. The molecule has 4 rings (SSSR count). The van der Waals surface area contributed by atoms with Gasteiger partial charge in [0.25, 0.3) is 0 Å². The first-order valence-electron chi connectivity index (χ1n) is 12.7. The van der Waals surface area contributed by atoms with E-state index >= 15 is 0 Å². The number of benzene rings is 2. The second-order valence-corrected chi connectivity index (χ2v) is 9.19. The van der Waals surface area contributed by atoms with E-state index < -0.39 is 0 Å². The smallest absolute Gasteiger partial charge is 0.119 e. The zero-order chi connectivity index (χ0) is 24.5. The van der Waals surface area contributed by atoms with Crippen LogP contribution in [0.2, 0.25) is 0 Å². The van der Waals surface area contributed by atoms with Crippen LogP contribution < -0.4 is 0 Å². The molecule has 2 aliphatic carbocycles. The van der Waals surface area contributed by atoms with Gasteiger partial charge < -0.3 is 19.7 Å². The van der Waals surface area contributed by atoms with Gasteiger partial charge in [-0.1, -0.05) is 64.1 Å². The highest BCUT2D eigenvalue weighted by Gasteiger charge is 2.21. The molecule has 0 bridgehead atoms. The summed E-state index contributed by atoms with van der Waals surface area (Å²) in [5.41, 5.74) is 6.67. The molecule has 4 nitrogen and oxygen atoms in total. The second kappa shape index (κ2) is 12.8. The fraction of sp³-hybridized carbons (Fsp3) is 0.467. The first kappa shape index (κ1) is 26.1. The monoisotopic (exact) mass is 464 g/mol. The first-order valence-corrected chi connectivity index (χ1v) is 12.7. The average Bonchev–Trinajstić information content (AvgIpc) is 3.41. The number of aliphatic hydroxyl groups excluding tert-OH is 2. The standard InChI is InChI=1S/2C15H20O2/c2*1-3-4-9-17-11(2)12-5-7-14-13(10-12)6-8-15(14)16/h2*5,7,10,15-16H,2-4,6,8-9H2,1H3. The van der Waals surface area contributed by atoms with Crippen molar-refractivity contribution in [3.63, 3.8) is 0 Å². The van der Waals surface area contributed by atoms with E-state index in [1.807, 2.05) is 24.3 Å². The fourth-order valence-electron chi connectivity index (χ4n) is 4.38. The normalized spacial score (nSPS) is 17.9. The highest BCUT2D eigenvalue weighted by Crippen LogP contribution is 2.33. The summed E-state index contributed by atoms with van der Waals surface area (Å²) in [6, 6.07) is 12.2. The number of hydrogen-bond donors (Lipinski definition) is 2. The summed E-state index contributed by atoms with van der Waals surface area (Å²) >= 11 is 0. The van der Waals surface area contributed by atoms with E-state index in [0.717, 1.165) is 98.4 Å². The van der Waals surface area contributed by atoms with E-state index in [1.54, 1.807) is 0 Å². The molecule has 0 radical (unpaired) electrons. The van der Waals surface area contributed by atoms with Crippen LogP contribution in [0.15, 0.2) is 49.6 Å². The molecule has 2 atom stereocenters. The number of rotatable bonds is 10. The van der Waals surface area contributed by atoms with Crippen molar-refractivity contribution in [3.8, 4) is 0 Å². The average molecular weight is 465 g/mol. The van der Waals surface area contributed by atoms with Gasteiger partial charge in [-0.25, -0.2) is 0 Å². The van der Waals surface area contributed by atoms with Gasteiger partial charge in [0.05, 0.1) is 25.4 Å². The predicted molar refractivity (Wildman–Crippen MR) is 139 cm³/mol. The topological polar surface area (TPSA) is 58.9 Å². The van der Waals surface area contributed by atoms with Crippen LogP contribution in [0.5, 0.6) is 0 Å². The SMILES string of the molecule is C=C(OCCCC)c1ccc2c(c1)CCC2O.C=C(OCCCC)c1ccc2c(c1)CCC2O. The summed E-state index contributed by atoms with van der Waals surface area (Å²) in [4.78, 5) is 0. The van der Waals surface area contributed by atoms with E-state index in [1.165, 1.54) is 11.1 Å². The quantitative estimate of drug-likeness (QED) is 0.296. The molecule has 0 spiro atoms. The molecule has 0 aliphatic heterocycles. The molecule has 0 aromatic heterocycles. The highest BCUT2D eigenvalue weighted by molar-refractivity contribution is 5.60. The third kappa shape index (κ3) is 6.74. The summed E-state index contributed by atoms with van der Waals surface area (Å²) < 4.78 is 11.2. The molecular formula is C30H40O4. The first-order chi connectivity index (χ1) is 16.4. The Morgan fingerprint density at radius 1 is 0.765 bits per heavy atom. The molecule has 34 heavy (non-hydrogen) atoms. The Bertz CT molecular complexity index is 898.